The first-order valence-electron chi connectivity index (χ1n) is 6.20. The van der Waals surface area contributed by atoms with Crippen molar-refractivity contribution in [1.29, 1.82) is 0 Å². The molecule has 0 amide bonds. The van der Waals surface area contributed by atoms with Gasteiger partial charge in [-0.25, -0.2) is 4.39 Å². The van der Waals surface area contributed by atoms with Gasteiger partial charge in [-0.3, -0.25) is 0 Å². The van der Waals surface area contributed by atoms with E-state index in [9.17, 15) is 4.39 Å². The van der Waals surface area contributed by atoms with Gasteiger partial charge in [-0.05, 0) is 37.3 Å². The van der Waals surface area contributed by atoms with E-state index in [-0.39, 0.29) is 5.82 Å². The Hall–Kier alpha value is -1.26. The first-order valence-corrected chi connectivity index (χ1v) is 7.37. The summed E-state index contributed by atoms with van der Waals surface area (Å²) in [6.45, 7) is 2.83. The van der Waals surface area contributed by atoms with Gasteiger partial charge in [0.2, 0.25) is 0 Å². The smallest absolute Gasteiger partial charge is 0.142 e. The van der Waals surface area contributed by atoms with Crippen molar-refractivity contribution in [3.8, 4) is 5.75 Å². The van der Waals surface area contributed by atoms with Gasteiger partial charge >= 0.3 is 0 Å². The summed E-state index contributed by atoms with van der Waals surface area (Å²) in [4.78, 5) is 0. The highest BCUT2D eigenvalue weighted by Gasteiger charge is 2.07. The third-order valence-electron chi connectivity index (χ3n) is 2.73. The molecule has 2 nitrogen and oxygen atoms in total. The van der Waals surface area contributed by atoms with Crippen LogP contribution < -0.4 is 10.1 Å². The van der Waals surface area contributed by atoms with E-state index >= 15 is 0 Å². The highest BCUT2D eigenvalue weighted by molar-refractivity contribution is 9.10. The van der Waals surface area contributed by atoms with Crippen LogP contribution in [0.5, 0.6) is 5.75 Å². The minimum absolute atomic E-state index is 0.258. The molecule has 2 aromatic carbocycles. The van der Waals surface area contributed by atoms with Crippen LogP contribution >= 0.6 is 27.5 Å². The van der Waals surface area contributed by atoms with Gasteiger partial charge in [0.15, 0.2) is 0 Å². The van der Waals surface area contributed by atoms with Crippen LogP contribution in [0.2, 0.25) is 5.02 Å². The molecule has 0 fully saturated rings. The topological polar surface area (TPSA) is 21.3 Å². The largest absolute Gasteiger partial charge is 0.492 e. The summed E-state index contributed by atoms with van der Waals surface area (Å²) < 4.78 is 20.0. The van der Waals surface area contributed by atoms with Gasteiger partial charge in [0.05, 0.1) is 12.3 Å². The molecule has 0 saturated carbocycles. The van der Waals surface area contributed by atoms with Crippen molar-refractivity contribution in [1.82, 2.24) is 0 Å². The molecule has 20 heavy (non-hydrogen) atoms. The molecule has 2 rings (SSSR count). The average Bonchev–Trinajstić information content (AvgIpc) is 2.41. The van der Waals surface area contributed by atoms with E-state index in [1.807, 2.05) is 13.0 Å². The van der Waals surface area contributed by atoms with E-state index in [2.05, 4.69) is 21.2 Å². The van der Waals surface area contributed by atoms with Gasteiger partial charge in [0.25, 0.3) is 0 Å². The zero-order valence-corrected chi connectivity index (χ0v) is 13.3. The van der Waals surface area contributed by atoms with E-state index in [4.69, 9.17) is 16.3 Å². The zero-order chi connectivity index (χ0) is 14.5. The minimum atomic E-state index is -0.258. The monoisotopic (exact) mass is 357 g/mol. The molecular weight excluding hydrogens is 345 g/mol. The summed E-state index contributed by atoms with van der Waals surface area (Å²) in [5, 5.41) is 3.75. The normalized spacial score (nSPS) is 10.4. The lowest BCUT2D eigenvalue weighted by molar-refractivity contribution is 0.341. The second kappa shape index (κ2) is 6.95. The summed E-state index contributed by atoms with van der Waals surface area (Å²) in [5.74, 6) is 0.446. The molecule has 0 saturated heterocycles. The third-order valence-corrected chi connectivity index (χ3v) is 3.45. The maximum absolute atomic E-state index is 13.8. The van der Waals surface area contributed by atoms with Crippen molar-refractivity contribution in [3.05, 3.63) is 57.3 Å². The number of hydrogen-bond donors (Lipinski definition) is 1. The average molecular weight is 359 g/mol. The van der Waals surface area contributed by atoms with Crippen LogP contribution in [0.3, 0.4) is 0 Å². The molecular formula is C15H14BrClFNO. The second-order valence-corrected chi connectivity index (χ2v) is 5.51. The summed E-state index contributed by atoms with van der Waals surface area (Å²) >= 11 is 9.21. The highest BCUT2D eigenvalue weighted by Crippen LogP contribution is 2.28. The highest BCUT2D eigenvalue weighted by atomic mass is 79.9. The Bertz CT molecular complexity index is 606. The fourth-order valence-corrected chi connectivity index (χ4v) is 2.28. The predicted octanol–water partition coefficient (Wildman–Crippen LogP) is 5.25. The molecule has 0 heterocycles. The standard InChI is InChI=1S/C15H14BrClFNO/c1-2-20-15-6-5-12(17)8-14(15)19-9-10-3-4-11(16)7-13(10)18/h3-8,19H,2,9H2,1H3. The van der Waals surface area contributed by atoms with E-state index in [0.29, 0.717) is 29.5 Å². The predicted molar refractivity (Wildman–Crippen MR) is 84.0 cm³/mol. The Morgan fingerprint density at radius 3 is 2.75 bits per heavy atom. The van der Waals surface area contributed by atoms with Crippen LogP contribution in [-0.2, 0) is 6.54 Å². The van der Waals surface area contributed by atoms with E-state index in [0.717, 1.165) is 10.2 Å². The molecule has 0 bridgehead atoms. The van der Waals surface area contributed by atoms with Crippen LogP contribution in [0, 0.1) is 5.82 Å². The molecule has 0 aromatic heterocycles. The fourth-order valence-electron chi connectivity index (χ4n) is 1.78. The minimum Gasteiger partial charge on any atom is -0.492 e. The Labute approximate surface area is 131 Å². The van der Waals surface area contributed by atoms with Gasteiger partial charge < -0.3 is 10.1 Å². The number of halogens is 3. The van der Waals surface area contributed by atoms with E-state index in [1.54, 1.807) is 24.3 Å². The number of ether oxygens (including phenoxy) is 1. The Morgan fingerprint density at radius 2 is 2.05 bits per heavy atom. The molecule has 106 valence electrons. The Balaban J connectivity index is 2.15. The molecule has 0 unspecified atom stereocenters. The summed E-state index contributed by atoms with van der Waals surface area (Å²) in [6.07, 6.45) is 0. The quantitative estimate of drug-likeness (QED) is 0.788. The summed E-state index contributed by atoms with van der Waals surface area (Å²) in [5.41, 5.74) is 1.33. The molecule has 0 aliphatic heterocycles. The number of rotatable bonds is 5. The van der Waals surface area contributed by atoms with Crippen LogP contribution in [0.4, 0.5) is 10.1 Å². The Morgan fingerprint density at radius 1 is 1.25 bits per heavy atom. The first-order chi connectivity index (χ1) is 9.60. The van der Waals surface area contributed by atoms with Gasteiger partial charge in [0, 0.05) is 21.6 Å². The van der Waals surface area contributed by atoms with Crippen LogP contribution in [0.25, 0.3) is 0 Å². The zero-order valence-electron chi connectivity index (χ0n) is 10.9. The van der Waals surface area contributed by atoms with Crippen molar-refractivity contribution in [2.24, 2.45) is 0 Å². The maximum Gasteiger partial charge on any atom is 0.142 e. The van der Waals surface area contributed by atoms with Crippen LogP contribution in [0.15, 0.2) is 40.9 Å². The van der Waals surface area contributed by atoms with Crippen LogP contribution in [-0.4, -0.2) is 6.61 Å². The molecule has 1 N–H and O–H groups in total. The van der Waals surface area contributed by atoms with E-state index in [1.165, 1.54) is 6.07 Å². The number of anilines is 1. The van der Waals surface area contributed by atoms with Crippen molar-refractivity contribution < 1.29 is 9.13 Å². The lowest BCUT2D eigenvalue weighted by Gasteiger charge is -2.13. The Kier molecular flexibility index (Phi) is 5.26. The van der Waals surface area contributed by atoms with Crippen LogP contribution in [0.1, 0.15) is 12.5 Å². The van der Waals surface area contributed by atoms with Crippen molar-refractivity contribution in [3.63, 3.8) is 0 Å². The molecule has 0 spiro atoms. The molecule has 0 atom stereocenters. The molecule has 5 heteroatoms. The van der Waals surface area contributed by atoms with Crippen molar-refractivity contribution in [2.75, 3.05) is 11.9 Å². The lowest BCUT2D eigenvalue weighted by Crippen LogP contribution is -2.04. The molecule has 0 aliphatic carbocycles. The summed E-state index contributed by atoms with van der Waals surface area (Å²) in [7, 11) is 0. The van der Waals surface area contributed by atoms with Gasteiger partial charge in [-0.1, -0.05) is 33.6 Å². The van der Waals surface area contributed by atoms with Crippen molar-refractivity contribution in [2.45, 2.75) is 13.5 Å². The number of benzene rings is 2. The maximum atomic E-state index is 13.8. The van der Waals surface area contributed by atoms with Gasteiger partial charge in [-0.15, -0.1) is 0 Å². The summed E-state index contributed by atoms with van der Waals surface area (Å²) in [6, 6.07) is 10.3. The van der Waals surface area contributed by atoms with E-state index < -0.39 is 0 Å². The number of nitrogens with one attached hydrogen (secondary N) is 1. The number of hydrogen-bond acceptors (Lipinski definition) is 2. The third kappa shape index (κ3) is 3.87. The lowest BCUT2D eigenvalue weighted by atomic mass is 10.2. The molecule has 0 aliphatic rings. The van der Waals surface area contributed by atoms with Gasteiger partial charge in [0.1, 0.15) is 11.6 Å². The first kappa shape index (κ1) is 15.1. The van der Waals surface area contributed by atoms with Crippen molar-refractivity contribution >= 4 is 33.2 Å². The fraction of sp³-hybridized carbons (Fsp3) is 0.200. The second-order valence-electron chi connectivity index (χ2n) is 4.16. The molecule has 2 aromatic rings. The SMILES string of the molecule is CCOc1ccc(Cl)cc1NCc1ccc(Br)cc1F. The molecule has 0 radical (unpaired) electrons. The van der Waals surface area contributed by atoms with Gasteiger partial charge in [-0.2, -0.15) is 0 Å².